The standard InChI is InChI=1S/C27H29N7O3S/c1-3-27(24(35)36)8-11-33(12-9-27)22-16-30-21(15-31-22)17-13-18(19-7-5-6-10-29-19)23-20(14-17)32-26(38-23)34(4-2)25(28)37/h5-7,10,13-16H,3-4,8-9,11-12H2,1-2H3,(H2,28,37)(H,35,36). The maximum Gasteiger partial charge on any atom is 0.321 e. The lowest BCUT2D eigenvalue weighted by molar-refractivity contribution is -0.150. The molecule has 0 unspecified atom stereocenters. The zero-order chi connectivity index (χ0) is 26.9. The maximum atomic E-state index is 12.0. The third-order valence-corrected chi connectivity index (χ3v) is 8.47. The molecule has 3 aromatic heterocycles. The normalized spacial score (nSPS) is 14.9. The minimum absolute atomic E-state index is 0.413. The number of benzene rings is 1. The van der Waals surface area contributed by atoms with E-state index in [1.54, 1.807) is 18.6 Å². The lowest BCUT2D eigenvalue weighted by Gasteiger charge is -2.38. The van der Waals surface area contributed by atoms with Crippen molar-refractivity contribution in [2.75, 3.05) is 29.4 Å². The van der Waals surface area contributed by atoms with Gasteiger partial charge in [0.2, 0.25) is 0 Å². The quantitative estimate of drug-likeness (QED) is 0.347. The average Bonchev–Trinajstić information content (AvgIpc) is 3.37. The zero-order valence-electron chi connectivity index (χ0n) is 21.3. The molecule has 4 heterocycles. The second kappa shape index (κ2) is 10.3. The molecule has 0 atom stereocenters. The van der Waals surface area contributed by atoms with Crippen LogP contribution >= 0.6 is 11.3 Å². The van der Waals surface area contributed by atoms with Gasteiger partial charge >= 0.3 is 12.0 Å². The van der Waals surface area contributed by atoms with Gasteiger partial charge in [0.15, 0.2) is 5.13 Å². The van der Waals surface area contributed by atoms with Crippen LogP contribution in [-0.2, 0) is 4.79 Å². The zero-order valence-corrected chi connectivity index (χ0v) is 22.1. The van der Waals surface area contributed by atoms with Crippen LogP contribution in [0.4, 0.5) is 15.7 Å². The number of carbonyl (C=O) groups is 2. The first-order chi connectivity index (χ1) is 18.3. The summed E-state index contributed by atoms with van der Waals surface area (Å²) in [7, 11) is 0. The van der Waals surface area contributed by atoms with E-state index in [2.05, 4.69) is 14.9 Å². The molecule has 1 aliphatic heterocycles. The van der Waals surface area contributed by atoms with Gasteiger partial charge in [-0.05, 0) is 50.5 Å². The summed E-state index contributed by atoms with van der Waals surface area (Å²) >= 11 is 1.40. The van der Waals surface area contributed by atoms with Crippen LogP contribution in [0.1, 0.15) is 33.1 Å². The van der Waals surface area contributed by atoms with E-state index in [1.165, 1.54) is 16.2 Å². The number of rotatable bonds is 7. The molecule has 10 nitrogen and oxygen atoms in total. The number of hydrogen-bond donors (Lipinski definition) is 2. The molecule has 5 rings (SSSR count). The Hall–Kier alpha value is -4.12. The van der Waals surface area contributed by atoms with Crippen LogP contribution in [0.25, 0.3) is 32.7 Å². The third kappa shape index (κ3) is 4.65. The van der Waals surface area contributed by atoms with Crippen LogP contribution in [0.3, 0.4) is 0 Å². The molecule has 196 valence electrons. The Kier molecular flexibility index (Phi) is 6.94. The number of pyridine rings is 1. The van der Waals surface area contributed by atoms with Crippen molar-refractivity contribution in [1.82, 2.24) is 19.9 Å². The van der Waals surface area contributed by atoms with Crippen LogP contribution in [0, 0.1) is 5.41 Å². The van der Waals surface area contributed by atoms with Crippen molar-refractivity contribution in [3.8, 4) is 22.5 Å². The summed E-state index contributed by atoms with van der Waals surface area (Å²) in [6.07, 6.45) is 6.99. The van der Waals surface area contributed by atoms with Crippen LogP contribution < -0.4 is 15.5 Å². The largest absolute Gasteiger partial charge is 0.481 e. The number of hydrogen-bond acceptors (Lipinski definition) is 8. The molecule has 1 saturated heterocycles. The fraction of sp³-hybridized carbons (Fsp3) is 0.333. The molecule has 2 amide bonds. The number of primary amides is 1. The number of amides is 2. The molecule has 11 heteroatoms. The van der Waals surface area contributed by atoms with Gasteiger partial charge in [-0.1, -0.05) is 24.3 Å². The smallest absolute Gasteiger partial charge is 0.321 e. The number of fused-ring (bicyclic) bond motifs is 1. The predicted molar refractivity (Wildman–Crippen MR) is 148 cm³/mol. The molecule has 0 radical (unpaired) electrons. The average molecular weight is 532 g/mol. The Morgan fingerprint density at radius 1 is 1.11 bits per heavy atom. The predicted octanol–water partition coefficient (Wildman–Crippen LogP) is 4.80. The minimum Gasteiger partial charge on any atom is -0.481 e. The molecule has 0 spiro atoms. The van der Waals surface area contributed by atoms with Gasteiger partial charge in [0.05, 0.1) is 39.4 Å². The number of carbonyl (C=O) groups excluding carboxylic acids is 1. The van der Waals surface area contributed by atoms with E-state index in [-0.39, 0.29) is 0 Å². The van der Waals surface area contributed by atoms with Gasteiger partial charge in [0.1, 0.15) is 5.82 Å². The van der Waals surface area contributed by atoms with Gasteiger partial charge in [-0.25, -0.2) is 14.8 Å². The van der Waals surface area contributed by atoms with Gasteiger partial charge < -0.3 is 15.7 Å². The summed E-state index contributed by atoms with van der Waals surface area (Å²) in [5.41, 5.74) is 8.80. The third-order valence-electron chi connectivity index (χ3n) is 7.34. The number of carboxylic acids is 1. The number of nitrogens with two attached hydrogens (primary N) is 1. The second-order valence-corrected chi connectivity index (χ2v) is 10.3. The molecule has 1 aromatic carbocycles. The molecule has 1 aliphatic rings. The van der Waals surface area contributed by atoms with Gasteiger partial charge in [0.25, 0.3) is 0 Å². The highest BCUT2D eigenvalue weighted by Gasteiger charge is 2.40. The number of piperidine rings is 1. The molecule has 0 aliphatic carbocycles. The summed E-state index contributed by atoms with van der Waals surface area (Å²) in [4.78, 5) is 45.9. The van der Waals surface area contributed by atoms with Crippen molar-refractivity contribution in [2.24, 2.45) is 11.1 Å². The minimum atomic E-state index is -0.719. The van der Waals surface area contributed by atoms with Gasteiger partial charge in [0, 0.05) is 37.0 Å². The number of carboxylic acid groups (broad SMARTS) is 1. The van der Waals surface area contributed by atoms with E-state index in [0.29, 0.717) is 55.2 Å². The highest BCUT2D eigenvalue weighted by atomic mass is 32.1. The summed E-state index contributed by atoms with van der Waals surface area (Å²) in [6.45, 7) is 5.45. The van der Waals surface area contributed by atoms with Crippen molar-refractivity contribution < 1.29 is 14.7 Å². The summed E-state index contributed by atoms with van der Waals surface area (Å²) in [6, 6.07) is 9.12. The lowest BCUT2D eigenvalue weighted by Crippen LogP contribution is -2.44. The summed E-state index contributed by atoms with van der Waals surface area (Å²) in [5.74, 6) is 0.00845. The number of urea groups is 1. The van der Waals surface area contributed by atoms with E-state index in [1.807, 2.05) is 44.2 Å². The highest BCUT2D eigenvalue weighted by Crippen LogP contribution is 2.39. The SMILES string of the molecule is CCN(C(N)=O)c1nc2cc(-c3cnc(N4CCC(CC)(C(=O)O)CC4)cn3)cc(-c3ccccn3)c2s1. The van der Waals surface area contributed by atoms with Crippen molar-refractivity contribution in [2.45, 2.75) is 33.1 Å². The van der Waals surface area contributed by atoms with E-state index in [9.17, 15) is 14.7 Å². The number of anilines is 2. The first kappa shape index (κ1) is 25.5. The first-order valence-corrected chi connectivity index (χ1v) is 13.4. The molecular formula is C27H29N7O3S. The van der Waals surface area contributed by atoms with Crippen LogP contribution in [0.2, 0.25) is 0 Å². The fourth-order valence-electron chi connectivity index (χ4n) is 4.90. The first-order valence-electron chi connectivity index (χ1n) is 12.6. The fourth-order valence-corrected chi connectivity index (χ4v) is 6.04. The number of aromatic nitrogens is 4. The molecular weight excluding hydrogens is 502 g/mol. The Morgan fingerprint density at radius 3 is 2.47 bits per heavy atom. The molecule has 4 aromatic rings. The van der Waals surface area contributed by atoms with Crippen molar-refractivity contribution in [3.05, 3.63) is 48.9 Å². The molecule has 0 saturated carbocycles. The maximum absolute atomic E-state index is 12.0. The Morgan fingerprint density at radius 2 is 1.89 bits per heavy atom. The number of thiazole rings is 1. The number of nitrogens with zero attached hydrogens (tertiary/aromatic N) is 6. The van der Waals surface area contributed by atoms with Crippen molar-refractivity contribution >= 4 is 44.5 Å². The summed E-state index contributed by atoms with van der Waals surface area (Å²) < 4.78 is 0.901. The van der Waals surface area contributed by atoms with E-state index in [4.69, 9.17) is 15.7 Å². The number of aliphatic carboxylic acids is 1. The lowest BCUT2D eigenvalue weighted by atomic mass is 9.76. The van der Waals surface area contributed by atoms with Gasteiger partial charge in [-0.3, -0.25) is 19.7 Å². The van der Waals surface area contributed by atoms with Gasteiger partial charge in [-0.15, -0.1) is 0 Å². The van der Waals surface area contributed by atoms with Crippen molar-refractivity contribution in [3.63, 3.8) is 0 Å². The molecule has 1 fully saturated rings. The molecule has 38 heavy (non-hydrogen) atoms. The van der Waals surface area contributed by atoms with Crippen molar-refractivity contribution in [1.29, 1.82) is 0 Å². The van der Waals surface area contributed by atoms with E-state index < -0.39 is 17.4 Å². The highest BCUT2D eigenvalue weighted by molar-refractivity contribution is 7.23. The van der Waals surface area contributed by atoms with Crippen LogP contribution in [0.15, 0.2) is 48.9 Å². The second-order valence-electron chi connectivity index (χ2n) is 9.35. The molecule has 3 N–H and O–H groups in total. The Bertz CT molecular complexity index is 1470. The van der Waals surface area contributed by atoms with E-state index in [0.717, 1.165) is 27.3 Å². The topological polar surface area (TPSA) is 138 Å². The van der Waals surface area contributed by atoms with Gasteiger partial charge in [-0.2, -0.15) is 0 Å². The Labute approximate surface area is 224 Å². The van der Waals surface area contributed by atoms with Crippen LogP contribution in [0.5, 0.6) is 0 Å². The van der Waals surface area contributed by atoms with Crippen LogP contribution in [-0.4, -0.2) is 56.7 Å². The molecule has 0 bridgehead atoms. The summed E-state index contributed by atoms with van der Waals surface area (Å²) in [5, 5.41) is 10.2. The monoisotopic (exact) mass is 531 g/mol. The Balaban J connectivity index is 1.49. The van der Waals surface area contributed by atoms with E-state index >= 15 is 0 Å².